The van der Waals surface area contributed by atoms with E-state index in [2.05, 4.69) is 10.2 Å². The summed E-state index contributed by atoms with van der Waals surface area (Å²) in [6.07, 6.45) is 0.378. The number of carboxylic acids is 1. The van der Waals surface area contributed by atoms with E-state index in [4.69, 9.17) is 5.11 Å². The molecule has 1 aromatic carbocycles. The second-order valence-corrected chi connectivity index (χ2v) is 4.53. The first-order valence-electron chi connectivity index (χ1n) is 6.01. The summed E-state index contributed by atoms with van der Waals surface area (Å²) in [7, 11) is 0. The number of H-pyrrole nitrogens is 1. The number of benzene rings is 1. The Morgan fingerprint density at radius 3 is 2.79 bits per heavy atom. The normalized spacial score (nSPS) is 10.7. The molecule has 0 spiro atoms. The van der Waals surface area contributed by atoms with Crippen molar-refractivity contribution in [1.82, 2.24) is 10.2 Å². The third kappa shape index (κ3) is 2.81. The van der Waals surface area contributed by atoms with Gasteiger partial charge < -0.3 is 5.11 Å². The number of aryl methyl sites for hydroxylation is 3. The van der Waals surface area contributed by atoms with Gasteiger partial charge in [-0.1, -0.05) is 6.07 Å². The van der Waals surface area contributed by atoms with E-state index < -0.39 is 5.97 Å². The first kappa shape index (κ1) is 13.3. The SMILES string of the molecule is Cc1cc(-c2c(CCC(=O)O)n[nH]c2C)ccc1F. The molecule has 4 nitrogen and oxygen atoms in total. The molecule has 0 aliphatic heterocycles. The molecular weight excluding hydrogens is 247 g/mol. The monoisotopic (exact) mass is 262 g/mol. The standard InChI is InChI=1S/C14H15FN2O2/c1-8-7-10(3-4-11(8)15)14-9(2)16-17-12(14)5-6-13(18)19/h3-4,7H,5-6H2,1-2H3,(H,16,17)(H,18,19). The average molecular weight is 262 g/mol. The van der Waals surface area contributed by atoms with E-state index in [1.165, 1.54) is 6.07 Å². The van der Waals surface area contributed by atoms with Crippen molar-refractivity contribution in [1.29, 1.82) is 0 Å². The van der Waals surface area contributed by atoms with Gasteiger partial charge in [0.15, 0.2) is 0 Å². The molecule has 0 amide bonds. The molecule has 5 heteroatoms. The molecule has 0 aliphatic carbocycles. The molecule has 19 heavy (non-hydrogen) atoms. The van der Waals surface area contributed by atoms with E-state index in [0.29, 0.717) is 17.7 Å². The zero-order valence-electron chi connectivity index (χ0n) is 10.8. The number of aliphatic carboxylic acids is 1. The predicted molar refractivity (Wildman–Crippen MR) is 69.4 cm³/mol. The molecule has 0 saturated heterocycles. The smallest absolute Gasteiger partial charge is 0.303 e. The van der Waals surface area contributed by atoms with Crippen LogP contribution in [0, 0.1) is 19.7 Å². The van der Waals surface area contributed by atoms with Crippen LogP contribution >= 0.6 is 0 Å². The van der Waals surface area contributed by atoms with E-state index in [9.17, 15) is 9.18 Å². The van der Waals surface area contributed by atoms with E-state index in [1.807, 2.05) is 6.92 Å². The molecule has 0 atom stereocenters. The van der Waals surface area contributed by atoms with Crippen molar-refractivity contribution in [2.75, 3.05) is 0 Å². The number of hydrogen-bond acceptors (Lipinski definition) is 2. The lowest BCUT2D eigenvalue weighted by atomic mass is 9.99. The van der Waals surface area contributed by atoms with Gasteiger partial charge in [0.05, 0.1) is 12.1 Å². The first-order chi connectivity index (χ1) is 8.99. The highest BCUT2D eigenvalue weighted by atomic mass is 19.1. The Hall–Kier alpha value is -2.17. The van der Waals surface area contributed by atoms with Crippen molar-refractivity contribution in [3.63, 3.8) is 0 Å². The van der Waals surface area contributed by atoms with Gasteiger partial charge in [0.2, 0.25) is 0 Å². The van der Waals surface area contributed by atoms with Crippen molar-refractivity contribution >= 4 is 5.97 Å². The number of nitrogens with zero attached hydrogens (tertiary/aromatic N) is 1. The van der Waals surface area contributed by atoms with Gasteiger partial charge in [-0.2, -0.15) is 5.10 Å². The van der Waals surface area contributed by atoms with Crippen LogP contribution in [0.3, 0.4) is 0 Å². The van der Waals surface area contributed by atoms with E-state index in [1.54, 1.807) is 19.1 Å². The fraction of sp³-hybridized carbons (Fsp3) is 0.286. The second-order valence-electron chi connectivity index (χ2n) is 4.53. The Kier molecular flexibility index (Phi) is 3.64. The molecule has 0 saturated carbocycles. The maximum atomic E-state index is 13.3. The summed E-state index contributed by atoms with van der Waals surface area (Å²) in [5, 5.41) is 15.7. The van der Waals surface area contributed by atoms with E-state index in [0.717, 1.165) is 16.8 Å². The highest BCUT2D eigenvalue weighted by Crippen LogP contribution is 2.28. The van der Waals surface area contributed by atoms with Gasteiger partial charge in [-0.15, -0.1) is 0 Å². The fourth-order valence-corrected chi connectivity index (χ4v) is 2.07. The van der Waals surface area contributed by atoms with Crippen molar-refractivity contribution in [3.8, 4) is 11.1 Å². The highest BCUT2D eigenvalue weighted by molar-refractivity contribution is 5.71. The predicted octanol–water partition coefficient (Wildman–Crippen LogP) is 2.85. The van der Waals surface area contributed by atoms with Gasteiger partial charge in [-0.25, -0.2) is 4.39 Å². The largest absolute Gasteiger partial charge is 0.481 e. The van der Waals surface area contributed by atoms with Crippen LogP contribution in [0.1, 0.15) is 23.4 Å². The lowest BCUT2D eigenvalue weighted by molar-refractivity contribution is -0.136. The Balaban J connectivity index is 2.40. The summed E-state index contributed by atoms with van der Waals surface area (Å²) >= 11 is 0. The minimum atomic E-state index is -0.859. The van der Waals surface area contributed by atoms with Crippen molar-refractivity contribution < 1.29 is 14.3 Å². The maximum Gasteiger partial charge on any atom is 0.303 e. The summed E-state index contributed by atoms with van der Waals surface area (Å²) in [5.74, 6) is -1.11. The molecule has 0 aliphatic rings. The van der Waals surface area contributed by atoms with Crippen LogP contribution in [0.2, 0.25) is 0 Å². The number of halogens is 1. The van der Waals surface area contributed by atoms with Crippen LogP contribution in [0.25, 0.3) is 11.1 Å². The van der Waals surface area contributed by atoms with Gasteiger partial charge in [0.25, 0.3) is 0 Å². The molecule has 1 heterocycles. The number of carboxylic acid groups (broad SMARTS) is 1. The van der Waals surface area contributed by atoms with Gasteiger partial charge in [0, 0.05) is 17.7 Å². The Morgan fingerprint density at radius 1 is 1.42 bits per heavy atom. The molecule has 0 unspecified atom stereocenters. The molecule has 1 aromatic heterocycles. The van der Waals surface area contributed by atoms with Gasteiger partial charge >= 0.3 is 5.97 Å². The third-order valence-electron chi connectivity index (χ3n) is 3.04. The van der Waals surface area contributed by atoms with E-state index in [-0.39, 0.29) is 12.2 Å². The highest BCUT2D eigenvalue weighted by Gasteiger charge is 2.14. The van der Waals surface area contributed by atoms with Gasteiger partial charge in [0.1, 0.15) is 5.82 Å². The second kappa shape index (κ2) is 5.22. The van der Waals surface area contributed by atoms with Crippen LogP contribution in [-0.4, -0.2) is 21.3 Å². The van der Waals surface area contributed by atoms with Gasteiger partial charge in [-0.3, -0.25) is 9.89 Å². The zero-order chi connectivity index (χ0) is 14.0. The van der Waals surface area contributed by atoms with Crippen LogP contribution in [0.4, 0.5) is 4.39 Å². The summed E-state index contributed by atoms with van der Waals surface area (Å²) in [5.41, 5.74) is 3.83. The lowest BCUT2D eigenvalue weighted by Crippen LogP contribution is -1.99. The number of aromatic nitrogens is 2. The van der Waals surface area contributed by atoms with E-state index >= 15 is 0 Å². The third-order valence-corrected chi connectivity index (χ3v) is 3.04. The summed E-state index contributed by atoms with van der Waals surface area (Å²) < 4.78 is 13.3. The van der Waals surface area contributed by atoms with Crippen molar-refractivity contribution in [3.05, 3.63) is 41.0 Å². The maximum absolute atomic E-state index is 13.3. The quantitative estimate of drug-likeness (QED) is 0.890. The molecule has 0 bridgehead atoms. The van der Waals surface area contributed by atoms with Crippen molar-refractivity contribution in [2.24, 2.45) is 0 Å². The Labute approximate surface area is 110 Å². The molecule has 0 fully saturated rings. The average Bonchev–Trinajstić information content (AvgIpc) is 2.71. The zero-order valence-corrected chi connectivity index (χ0v) is 10.8. The number of rotatable bonds is 4. The minimum absolute atomic E-state index is 0.0253. The topological polar surface area (TPSA) is 66.0 Å². The minimum Gasteiger partial charge on any atom is -0.481 e. The number of nitrogens with one attached hydrogen (secondary N) is 1. The lowest BCUT2D eigenvalue weighted by Gasteiger charge is -2.05. The number of aromatic amines is 1. The molecule has 100 valence electrons. The van der Waals surface area contributed by atoms with Crippen molar-refractivity contribution in [2.45, 2.75) is 26.7 Å². The van der Waals surface area contributed by atoms with Crippen LogP contribution in [-0.2, 0) is 11.2 Å². The van der Waals surface area contributed by atoms with Crippen LogP contribution in [0.15, 0.2) is 18.2 Å². The number of carbonyl (C=O) groups is 1. The summed E-state index contributed by atoms with van der Waals surface area (Å²) in [4.78, 5) is 10.6. The Bertz CT molecular complexity index is 620. The first-order valence-corrected chi connectivity index (χ1v) is 6.01. The molecule has 0 radical (unpaired) electrons. The summed E-state index contributed by atoms with van der Waals surface area (Å²) in [6, 6.07) is 4.85. The Morgan fingerprint density at radius 2 is 2.16 bits per heavy atom. The van der Waals surface area contributed by atoms with Crippen LogP contribution < -0.4 is 0 Å². The fourth-order valence-electron chi connectivity index (χ4n) is 2.07. The molecule has 2 aromatic rings. The van der Waals surface area contributed by atoms with Crippen LogP contribution in [0.5, 0.6) is 0 Å². The summed E-state index contributed by atoms with van der Waals surface area (Å²) in [6.45, 7) is 3.57. The molecule has 2 rings (SSSR count). The molecular formula is C14H15FN2O2. The number of hydrogen-bond donors (Lipinski definition) is 2. The molecule has 2 N–H and O–H groups in total. The van der Waals surface area contributed by atoms with Gasteiger partial charge in [-0.05, 0) is 37.1 Å².